The Balaban J connectivity index is 2.37. The molecule has 1 aliphatic heterocycles. The van der Waals surface area contributed by atoms with E-state index in [2.05, 4.69) is 27.0 Å². The van der Waals surface area contributed by atoms with Crippen LogP contribution in [0.3, 0.4) is 0 Å². The van der Waals surface area contributed by atoms with Gasteiger partial charge in [-0.1, -0.05) is 0 Å². The van der Waals surface area contributed by atoms with E-state index >= 15 is 0 Å². The van der Waals surface area contributed by atoms with Gasteiger partial charge in [0.2, 0.25) is 0 Å². The van der Waals surface area contributed by atoms with Crippen molar-refractivity contribution in [3.05, 3.63) is 27.4 Å². The Labute approximate surface area is 140 Å². The Hall–Kier alpha value is -0.520. The number of fused-ring (bicyclic) bond motifs is 1. The summed E-state index contributed by atoms with van der Waals surface area (Å²) in [6.07, 6.45) is 4.48. The molecule has 0 amide bonds. The zero-order valence-electron chi connectivity index (χ0n) is 14.1. The normalized spacial score (nSPS) is 19.8. The van der Waals surface area contributed by atoms with Gasteiger partial charge < -0.3 is 0 Å². The van der Waals surface area contributed by atoms with Gasteiger partial charge in [0.05, 0.1) is 0 Å². The topological polar surface area (TPSA) is 44.1 Å². The van der Waals surface area contributed by atoms with E-state index in [0.717, 1.165) is 36.5 Å². The second kappa shape index (κ2) is 6.93. The highest BCUT2D eigenvalue weighted by Gasteiger charge is 2.38. The van der Waals surface area contributed by atoms with Gasteiger partial charge in [0.1, 0.15) is 23.3 Å². The fourth-order valence-corrected chi connectivity index (χ4v) is 3.55. The van der Waals surface area contributed by atoms with Gasteiger partial charge in [0.15, 0.2) is 10.9 Å². The number of alkyl halides is 1. The van der Waals surface area contributed by atoms with Crippen LogP contribution in [-0.4, -0.2) is 26.4 Å². The monoisotopic (exact) mass is 345 g/mol. The van der Waals surface area contributed by atoms with Crippen LogP contribution in [-0.2, 0) is 28.3 Å². The molecule has 0 fully saturated rings. The molecule has 0 aliphatic carbocycles. The molecule has 0 bridgehead atoms. The summed E-state index contributed by atoms with van der Waals surface area (Å²) >= 11 is 5.62. The molecule has 0 saturated carbocycles. The van der Waals surface area contributed by atoms with Crippen LogP contribution in [0.1, 0.15) is 56.8 Å². The van der Waals surface area contributed by atoms with Gasteiger partial charge >= 0.3 is 0 Å². The Bertz CT molecular complexity index is 595. The van der Waals surface area contributed by atoms with Gasteiger partial charge in [-0.25, -0.2) is 4.98 Å². The highest BCUT2D eigenvalue weighted by Crippen LogP contribution is 2.31. The van der Waals surface area contributed by atoms with Crippen molar-refractivity contribution in [1.29, 1.82) is 0 Å². The molecule has 1 aromatic rings. The number of hydrogen-bond donors (Lipinski definition) is 0. The minimum Gasteiger partial charge on any atom is -0.294 e. The first-order chi connectivity index (χ1) is 10.3. The first kappa shape index (κ1) is 17.8. The van der Waals surface area contributed by atoms with Crippen LogP contribution in [0.5, 0.6) is 0 Å². The van der Waals surface area contributed by atoms with Gasteiger partial charge in [-0.15, -0.1) is 11.6 Å². The predicted octanol–water partition coefficient (Wildman–Crippen LogP) is 3.15. The largest absolute Gasteiger partial charge is 0.294 e. The minimum atomic E-state index is -0.191. The van der Waals surface area contributed by atoms with Crippen LogP contribution < -0.4 is 5.56 Å². The zero-order chi connectivity index (χ0) is 16.5. The lowest BCUT2D eigenvalue weighted by Crippen LogP contribution is -2.37. The van der Waals surface area contributed by atoms with Gasteiger partial charge in [-0.3, -0.25) is 9.36 Å². The van der Waals surface area contributed by atoms with Crippen molar-refractivity contribution in [2.75, 3.05) is 12.1 Å². The molecule has 4 nitrogen and oxygen atoms in total. The maximum absolute atomic E-state index is 12.7. The van der Waals surface area contributed by atoms with Crippen molar-refractivity contribution in [2.24, 2.45) is 0 Å². The van der Waals surface area contributed by atoms with E-state index in [1.165, 1.54) is 0 Å². The third kappa shape index (κ3) is 3.69. The minimum absolute atomic E-state index is 0.0585. The standard InChI is InChI=1S/C16H26ClN2O2S/c1-11-12(8-9-17)15(20)19-10-6-7-13(14(19)18-11)21-22(5)16(2,3)4/h13H,6-10H2,1-5H3/q+1. The Morgan fingerprint density at radius 2 is 2.14 bits per heavy atom. The summed E-state index contributed by atoms with van der Waals surface area (Å²) in [7, 11) is 0. The van der Waals surface area contributed by atoms with E-state index in [1.807, 2.05) is 6.92 Å². The number of aryl methyl sites for hydroxylation is 1. The maximum atomic E-state index is 12.7. The molecule has 22 heavy (non-hydrogen) atoms. The van der Waals surface area contributed by atoms with Gasteiger partial charge in [0.25, 0.3) is 5.56 Å². The molecule has 0 radical (unpaired) electrons. The summed E-state index contributed by atoms with van der Waals surface area (Å²) in [4.78, 5) is 17.4. The second-order valence-electron chi connectivity index (χ2n) is 6.72. The smallest absolute Gasteiger partial charge is 0.257 e. The van der Waals surface area contributed by atoms with Crippen LogP contribution in [0, 0.1) is 6.92 Å². The van der Waals surface area contributed by atoms with Crippen molar-refractivity contribution in [3.8, 4) is 0 Å². The Kier molecular flexibility index (Phi) is 5.62. The van der Waals surface area contributed by atoms with E-state index in [1.54, 1.807) is 4.57 Å². The molecule has 6 heteroatoms. The van der Waals surface area contributed by atoms with Crippen LogP contribution >= 0.6 is 11.6 Å². The maximum Gasteiger partial charge on any atom is 0.257 e. The molecular weight excluding hydrogens is 320 g/mol. The third-order valence-corrected chi connectivity index (χ3v) is 6.54. The third-order valence-electron chi connectivity index (χ3n) is 4.10. The molecule has 0 saturated heterocycles. The molecular formula is C16H26ClN2O2S+. The Morgan fingerprint density at radius 3 is 2.73 bits per heavy atom. The zero-order valence-corrected chi connectivity index (χ0v) is 15.7. The molecule has 2 rings (SSSR count). The number of halogens is 1. The first-order valence-corrected chi connectivity index (χ1v) is 9.84. The average Bonchev–Trinajstić information content (AvgIpc) is 2.43. The first-order valence-electron chi connectivity index (χ1n) is 7.75. The Morgan fingerprint density at radius 1 is 1.45 bits per heavy atom. The SMILES string of the molecule is Cc1nc2n(c(=O)c1CCCl)CCCC2O[S+](C)C(C)(C)C. The molecule has 1 aromatic heterocycles. The van der Waals surface area contributed by atoms with Crippen molar-refractivity contribution in [3.63, 3.8) is 0 Å². The van der Waals surface area contributed by atoms with Crippen LogP contribution in [0.25, 0.3) is 0 Å². The van der Waals surface area contributed by atoms with E-state index in [9.17, 15) is 4.79 Å². The number of nitrogens with zero attached hydrogens (tertiary/aromatic N) is 2. The van der Waals surface area contributed by atoms with E-state index < -0.39 is 0 Å². The van der Waals surface area contributed by atoms with Crippen LogP contribution in [0.15, 0.2) is 4.79 Å². The number of hydrogen-bond acceptors (Lipinski definition) is 3. The lowest BCUT2D eigenvalue weighted by molar-refractivity contribution is 0.176. The lowest BCUT2D eigenvalue weighted by Gasteiger charge is -2.27. The van der Waals surface area contributed by atoms with Crippen molar-refractivity contribution in [2.45, 2.75) is 64.4 Å². The molecule has 0 N–H and O–H groups in total. The summed E-state index contributed by atoms with van der Waals surface area (Å²) < 4.78 is 8.16. The predicted molar refractivity (Wildman–Crippen MR) is 93.8 cm³/mol. The van der Waals surface area contributed by atoms with Gasteiger partial charge in [0, 0.05) is 23.7 Å². The molecule has 2 heterocycles. The second-order valence-corrected chi connectivity index (χ2v) is 9.43. The van der Waals surface area contributed by atoms with Crippen LogP contribution in [0.4, 0.5) is 0 Å². The highest BCUT2D eigenvalue weighted by molar-refractivity contribution is 7.93. The van der Waals surface area contributed by atoms with Crippen LogP contribution in [0.2, 0.25) is 0 Å². The molecule has 2 unspecified atom stereocenters. The van der Waals surface area contributed by atoms with E-state index in [-0.39, 0.29) is 27.6 Å². The lowest BCUT2D eigenvalue weighted by atomic mass is 10.1. The highest BCUT2D eigenvalue weighted by atomic mass is 35.5. The van der Waals surface area contributed by atoms with Gasteiger partial charge in [-0.05, 0) is 47.0 Å². The van der Waals surface area contributed by atoms with E-state index in [4.69, 9.17) is 20.8 Å². The fraction of sp³-hybridized carbons (Fsp3) is 0.750. The number of rotatable bonds is 4. The van der Waals surface area contributed by atoms with Crippen molar-refractivity contribution < 1.29 is 4.18 Å². The summed E-state index contributed by atoms with van der Waals surface area (Å²) in [6, 6.07) is 0. The summed E-state index contributed by atoms with van der Waals surface area (Å²) in [5.74, 6) is 1.23. The summed E-state index contributed by atoms with van der Waals surface area (Å²) in [6.45, 7) is 9.14. The summed E-state index contributed by atoms with van der Waals surface area (Å²) in [5.41, 5.74) is 1.59. The average molecular weight is 346 g/mol. The fourth-order valence-electron chi connectivity index (χ4n) is 2.54. The molecule has 0 spiro atoms. The van der Waals surface area contributed by atoms with E-state index in [0.29, 0.717) is 12.3 Å². The van der Waals surface area contributed by atoms with Crippen molar-refractivity contribution in [1.82, 2.24) is 9.55 Å². The summed E-state index contributed by atoms with van der Waals surface area (Å²) in [5, 5.41) is 0. The molecule has 1 aliphatic rings. The molecule has 0 aromatic carbocycles. The number of aromatic nitrogens is 2. The molecule has 2 atom stereocenters. The van der Waals surface area contributed by atoms with Crippen molar-refractivity contribution >= 4 is 22.8 Å². The molecule has 124 valence electrons. The van der Waals surface area contributed by atoms with Gasteiger partial charge in [-0.2, -0.15) is 4.18 Å². The quantitative estimate of drug-likeness (QED) is 0.622.